The lowest BCUT2D eigenvalue weighted by Gasteiger charge is -2.04. The van der Waals surface area contributed by atoms with E-state index in [1.807, 2.05) is 12.1 Å². The van der Waals surface area contributed by atoms with Crippen molar-refractivity contribution in [1.29, 1.82) is 0 Å². The summed E-state index contributed by atoms with van der Waals surface area (Å²) in [5.74, 6) is 0.0221. The summed E-state index contributed by atoms with van der Waals surface area (Å²) < 4.78 is 0.677. The standard InChI is InChI=1S/C13H12BrNOS/c1-2-8-6-7-11(17-8)13(16)9-4-3-5-10(15)12(9)14/h3-7H,2,15H2,1H3. The Morgan fingerprint density at radius 2 is 2.12 bits per heavy atom. The molecule has 88 valence electrons. The van der Waals surface area contributed by atoms with Gasteiger partial charge in [0.15, 0.2) is 0 Å². The SMILES string of the molecule is CCc1ccc(C(=O)c2cccc(N)c2Br)s1. The number of halogens is 1. The number of carbonyl (C=O) groups excluding carboxylic acids is 1. The van der Waals surface area contributed by atoms with Crippen LogP contribution in [0.2, 0.25) is 0 Å². The summed E-state index contributed by atoms with van der Waals surface area (Å²) in [6.07, 6.45) is 0.954. The number of nitrogens with two attached hydrogens (primary N) is 1. The molecule has 0 saturated carbocycles. The maximum atomic E-state index is 12.3. The van der Waals surface area contributed by atoms with Crippen LogP contribution in [0.25, 0.3) is 0 Å². The van der Waals surface area contributed by atoms with Gasteiger partial charge in [0, 0.05) is 16.1 Å². The molecule has 0 atom stereocenters. The van der Waals surface area contributed by atoms with Crippen molar-refractivity contribution in [3.8, 4) is 0 Å². The lowest BCUT2D eigenvalue weighted by Crippen LogP contribution is -2.01. The second-order valence-corrected chi connectivity index (χ2v) is 5.62. The van der Waals surface area contributed by atoms with E-state index in [2.05, 4.69) is 22.9 Å². The van der Waals surface area contributed by atoms with Crippen LogP contribution in [0.15, 0.2) is 34.8 Å². The molecule has 1 aromatic heterocycles. The van der Waals surface area contributed by atoms with Gasteiger partial charge in [0.1, 0.15) is 0 Å². The number of ketones is 1. The summed E-state index contributed by atoms with van der Waals surface area (Å²) in [4.78, 5) is 14.2. The molecule has 2 rings (SSSR count). The van der Waals surface area contributed by atoms with E-state index in [9.17, 15) is 4.79 Å². The molecule has 0 aliphatic heterocycles. The third kappa shape index (κ3) is 2.42. The van der Waals surface area contributed by atoms with Crippen molar-refractivity contribution < 1.29 is 4.79 Å². The highest BCUT2D eigenvalue weighted by Crippen LogP contribution is 2.28. The number of anilines is 1. The quantitative estimate of drug-likeness (QED) is 0.690. The number of benzene rings is 1. The van der Waals surface area contributed by atoms with Gasteiger partial charge in [0.25, 0.3) is 0 Å². The van der Waals surface area contributed by atoms with E-state index in [1.165, 1.54) is 16.2 Å². The molecule has 0 fully saturated rings. The Morgan fingerprint density at radius 3 is 2.76 bits per heavy atom. The van der Waals surface area contributed by atoms with Gasteiger partial charge in [-0.1, -0.05) is 13.0 Å². The molecule has 0 aliphatic carbocycles. The first-order valence-electron chi connectivity index (χ1n) is 5.31. The summed E-state index contributed by atoms with van der Waals surface area (Å²) in [5, 5.41) is 0. The van der Waals surface area contributed by atoms with Crippen molar-refractivity contribution in [3.05, 3.63) is 50.1 Å². The van der Waals surface area contributed by atoms with E-state index in [0.717, 1.165) is 11.3 Å². The van der Waals surface area contributed by atoms with Crippen LogP contribution in [0.1, 0.15) is 27.0 Å². The molecular weight excluding hydrogens is 298 g/mol. The maximum absolute atomic E-state index is 12.3. The number of rotatable bonds is 3. The summed E-state index contributed by atoms with van der Waals surface area (Å²) in [6, 6.07) is 9.22. The van der Waals surface area contributed by atoms with Crippen LogP contribution in [0.5, 0.6) is 0 Å². The molecule has 0 spiro atoms. The Balaban J connectivity index is 2.40. The molecule has 0 bridgehead atoms. The number of aryl methyl sites for hydroxylation is 1. The van der Waals surface area contributed by atoms with Gasteiger partial charge in [-0.2, -0.15) is 0 Å². The van der Waals surface area contributed by atoms with E-state index >= 15 is 0 Å². The number of nitrogen functional groups attached to an aromatic ring is 1. The minimum Gasteiger partial charge on any atom is -0.398 e. The van der Waals surface area contributed by atoms with Crippen LogP contribution in [-0.2, 0) is 6.42 Å². The molecule has 4 heteroatoms. The third-order valence-electron chi connectivity index (χ3n) is 2.51. The van der Waals surface area contributed by atoms with Gasteiger partial charge in [-0.3, -0.25) is 4.79 Å². The van der Waals surface area contributed by atoms with Gasteiger partial charge < -0.3 is 5.73 Å². The first kappa shape index (κ1) is 12.3. The Bertz CT molecular complexity index is 562. The monoisotopic (exact) mass is 309 g/mol. The van der Waals surface area contributed by atoms with Gasteiger partial charge in [-0.25, -0.2) is 0 Å². The predicted octanol–water partition coefficient (Wildman–Crippen LogP) is 3.89. The Kier molecular flexibility index (Phi) is 3.64. The molecule has 2 aromatic rings. The van der Waals surface area contributed by atoms with Crippen molar-refractivity contribution in [1.82, 2.24) is 0 Å². The average Bonchev–Trinajstić information content (AvgIpc) is 2.80. The molecule has 2 N–H and O–H groups in total. The molecule has 2 nitrogen and oxygen atoms in total. The molecule has 1 heterocycles. The van der Waals surface area contributed by atoms with Crippen molar-refractivity contribution in [3.63, 3.8) is 0 Å². The lowest BCUT2D eigenvalue weighted by atomic mass is 10.1. The van der Waals surface area contributed by atoms with Crippen molar-refractivity contribution >= 4 is 38.7 Å². The van der Waals surface area contributed by atoms with Crippen molar-refractivity contribution in [2.45, 2.75) is 13.3 Å². The number of carbonyl (C=O) groups is 1. The third-order valence-corrected chi connectivity index (χ3v) is 4.62. The molecule has 1 aromatic carbocycles. The maximum Gasteiger partial charge on any atom is 0.204 e. The molecular formula is C13H12BrNOS. The fourth-order valence-electron chi connectivity index (χ4n) is 1.55. The molecule has 0 radical (unpaired) electrons. The summed E-state index contributed by atoms with van der Waals surface area (Å²) in [5.41, 5.74) is 6.98. The Hall–Kier alpha value is -1.13. The van der Waals surface area contributed by atoms with Crippen LogP contribution in [0.4, 0.5) is 5.69 Å². The molecule has 17 heavy (non-hydrogen) atoms. The van der Waals surface area contributed by atoms with E-state index in [-0.39, 0.29) is 5.78 Å². The lowest BCUT2D eigenvalue weighted by molar-refractivity contribution is 0.104. The zero-order valence-corrected chi connectivity index (χ0v) is 11.8. The summed E-state index contributed by atoms with van der Waals surface area (Å²) in [6.45, 7) is 2.08. The van der Waals surface area contributed by atoms with E-state index in [4.69, 9.17) is 5.73 Å². The molecule has 0 aliphatic rings. The average molecular weight is 310 g/mol. The Labute approximate surface area is 113 Å². The number of hydrogen-bond acceptors (Lipinski definition) is 3. The van der Waals surface area contributed by atoms with Gasteiger partial charge in [0.05, 0.1) is 9.35 Å². The first-order valence-corrected chi connectivity index (χ1v) is 6.91. The Morgan fingerprint density at radius 1 is 1.35 bits per heavy atom. The minimum absolute atomic E-state index is 0.0221. The normalized spacial score (nSPS) is 10.5. The first-order chi connectivity index (χ1) is 8.13. The minimum atomic E-state index is 0.0221. The number of thiophene rings is 1. The zero-order valence-electron chi connectivity index (χ0n) is 9.37. The zero-order chi connectivity index (χ0) is 12.4. The fourth-order valence-corrected chi connectivity index (χ4v) is 2.89. The smallest absolute Gasteiger partial charge is 0.204 e. The van der Waals surface area contributed by atoms with Gasteiger partial charge in [-0.15, -0.1) is 11.3 Å². The highest BCUT2D eigenvalue weighted by Gasteiger charge is 2.15. The molecule has 0 unspecified atom stereocenters. The van der Waals surface area contributed by atoms with Crippen LogP contribution < -0.4 is 5.73 Å². The van der Waals surface area contributed by atoms with Crippen LogP contribution >= 0.6 is 27.3 Å². The van der Waals surface area contributed by atoms with Gasteiger partial charge in [-0.05, 0) is 46.6 Å². The van der Waals surface area contributed by atoms with Crippen molar-refractivity contribution in [2.24, 2.45) is 0 Å². The second-order valence-electron chi connectivity index (χ2n) is 3.66. The van der Waals surface area contributed by atoms with Crippen LogP contribution in [0, 0.1) is 0 Å². The molecule has 0 saturated heterocycles. The van der Waals surface area contributed by atoms with Crippen LogP contribution in [-0.4, -0.2) is 5.78 Å². The highest BCUT2D eigenvalue weighted by molar-refractivity contribution is 9.10. The van der Waals surface area contributed by atoms with Gasteiger partial charge >= 0.3 is 0 Å². The van der Waals surface area contributed by atoms with Crippen LogP contribution in [0.3, 0.4) is 0 Å². The topological polar surface area (TPSA) is 43.1 Å². The van der Waals surface area contributed by atoms with E-state index < -0.39 is 0 Å². The predicted molar refractivity (Wildman–Crippen MR) is 75.7 cm³/mol. The summed E-state index contributed by atoms with van der Waals surface area (Å²) in [7, 11) is 0. The number of hydrogen-bond donors (Lipinski definition) is 1. The largest absolute Gasteiger partial charge is 0.398 e. The fraction of sp³-hybridized carbons (Fsp3) is 0.154. The van der Waals surface area contributed by atoms with E-state index in [0.29, 0.717) is 15.7 Å². The second kappa shape index (κ2) is 5.02. The van der Waals surface area contributed by atoms with E-state index in [1.54, 1.807) is 18.2 Å². The highest BCUT2D eigenvalue weighted by atomic mass is 79.9. The molecule has 0 amide bonds. The summed E-state index contributed by atoms with van der Waals surface area (Å²) >= 11 is 4.90. The van der Waals surface area contributed by atoms with Gasteiger partial charge in [0.2, 0.25) is 5.78 Å². The van der Waals surface area contributed by atoms with Crippen molar-refractivity contribution in [2.75, 3.05) is 5.73 Å².